The summed E-state index contributed by atoms with van der Waals surface area (Å²) in [4.78, 5) is 16.3. The van der Waals surface area contributed by atoms with Crippen LogP contribution < -0.4 is 14.8 Å². The van der Waals surface area contributed by atoms with Crippen LogP contribution in [0.25, 0.3) is 11.8 Å². The highest BCUT2D eigenvalue weighted by atomic mass is 79.9. The monoisotopic (exact) mass is 428 g/mol. The number of nitrogens with zero attached hydrogens (tertiary/aromatic N) is 3. The lowest BCUT2D eigenvalue weighted by Crippen LogP contribution is -2.11. The van der Waals surface area contributed by atoms with Gasteiger partial charge in [0.2, 0.25) is 5.91 Å². The minimum Gasteiger partial charge on any atom is -0.493 e. The maximum absolute atomic E-state index is 12.4. The Hall–Kier alpha value is -3.13. The summed E-state index contributed by atoms with van der Waals surface area (Å²) >= 11 is 3.41. The van der Waals surface area contributed by atoms with Crippen molar-refractivity contribution >= 4 is 33.6 Å². The van der Waals surface area contributed by atoms with Crippen molar-refractivity contribution in [1.29, 1.82) is 0 Å². The number of nitrogens with one attached hydrogen (secondary N) is 1. The van der Waals surface area contributed by atoms with Gasteiger partial charge in [-0.2, -0.15) is 5.10 Å². The molecule has 1 aromatic heterocycles. The molecule has 0 atom stereocenters. The van der Waals surface area contributed by atoms with Gasteiger partial charge in [-0.1, -0.05) is 22.0 Å². The van der Waals surface area contributed by atoms with E-state index >= 15 is 0 Å². The molecule has 0 aliphatic heterocycles. The second-order valence-corrected chi connectivity index (χ2v) is 6.35. The van der Waals surface area contributed by atoms with E-state index in [0.717, 1.165) is 10.0 Å². The van der Waals surface area contributed by atoms with Gasteiger partial charge in [-0.15, -0.1) is 0 Å². The zero-order valence-corrected chi connectivity index (χ0v) is 16.3. The average Bonchev–Trinajstić information content (AvgIpc) is 3.20. The Balaban J connectivity index is 1.78. The van der Waals surface area contributed by atoms with E-state index in [1.807, 2.05) is 18.2 Å². The number of hydrogen-bond acceptors (Lipinski definition) is 5. The number of halogens is 1. The number of amides is 1. The number of anilines is 1. The quantitative estimate of drug-likeness (QED) is 0.605. The summed E-state index contributed by atoms with van der Waals surface area (Å²) in [7, 11) is 3.14. The molecule has 3 rings (SSSR count). The van der Waals surface area contributed by atoms with Crippen LogP contribution in [0.4, 0.5) is 5.69 Å². The zero-order chi connectivity index (χ0) is 19.2. The summed E-state index contributed by atoms with van der Waals surface area (Å²) in [6.07, 6.45) is 6.15. The van der Waals surface area contributed by atoms with E-state index in [0.29, 0.717) is 22.9 Å². The fourth-order valence-electron chi connectivity index (χ4n) is 2.44. The minimum absolute atomic E-state index is 0.274. The van der Waals surface area contributed by atoms with Gasteiger partial charge in [-0.05, 0) is 42.0 Å². The van der Waals surface area contributed by atoms with Crippen LogP contribution in [0.1, 0.15) is 5.56 Å². The molecule has 0 fully saturated rings. The van der Waals surface area contributed by atoms with Crippen LogP contribution in [-0.2, 0) is 4.79 Å². The lowest BCUT2D eigenvalue weighted by molar-refractivity contribution is -0.111. The first kappa shape index (κ1) is 18.7. The summed E-state index contributed by atoms with van der Waals surface area (Å²) < 4.78 is 12.9. The van der Waals surface area contributed by atoms with Gasteiger partial charge in [0.15, 0.2) is 11.5 Å². The maximum atomic E-state index is 12.4. The molecule has 0 spiro atoms. The Bertz CT molecular complexity index is 971. The molecule has 1 amide bonds. The molecule has 1 heterocycles. The highest BCUT2D eigenvalue weighted by Crippen LogP contribution is 2.28. The maximum Gasteiger partial charge on any atom is 0.248 e. The van der Waals surface area contributed by atoms with Gasteiger partial charge >= 0.3 is 0 Å². The molecule has 0 saturated carbocycles. The van der Waals surface area contributed by atoms with Crippen LogP contribution in [0, 0.1) is 0 Å². The number of rotatable bonds is 6. The summed E-state index contributed by atoms with van der Waals surface area (Å²) in [6.45, 7) is 0. The fourth-order valence-corrected chi connectivity index (χ4v) is 2.80. The van der Waals surface area contributed by atoms with Crippen molar-refractivity contribution in [3.63, 3.8) is 0 Å². The third-order valence-electron chi connectivity index (χ3n) is 3.72. The average molecular weight is 429 g/mol. The van der Waals surface area contributed by atoms with Crippen LogP contribution in [0.2, 0.25) is 0 Å². The van der Waals surface area contributed by atoms with Gasteiger partial charge in [-0.3, -0.25) is 4.79 Å². The number of hydrogen-bond donors (Lipinski definition) is 1. The molecule has 0 saturated heterocycles. The molecular weight excluding hydrogens is 412 g/mol. The number of ether oxygens (including phenoxy) is 2. The molecule has 138 valence electrons. The van der Waals surface area contributed by atoms with Crippen LogP contribution >= 0.6 is 15.9 Å². The normalized spacial score (nSPS) is 10.8. The standard InChI is InChI=1S/C19H17BrN4O3/c1-26-17-7-3-13(9-18(17)27-2)4-8-19(25)23-15-10-14(20)5-6-16(15)24-12-21-11-22-24/h3-12H,1-2H3,(H,23,25)/b8-4+. The molecule has 7 nitrogen and oxygen atoms in total. The smallest absolute Gasteiger partial charge is 0.248 e. The molecule has 3 aromatic rings. The molecule has 8 heteroatoms. The number of aromatic nitrogens is 3. The van der Waals surface area contributed by atoms with Crippen LogP contribution in [0.5, 0.6) is 11.5 Å². The summed E-state index contributed by atoms with van der Waals surface area (Å²) in [6, 6.07) is 10.9. The summed E-state index contributed by atoms with van der Waals surface area (Å²) in [5, 5.41) is 6.97. The van der Waals surface area contributed by atoms with E-state index in [4.69, 9.17) is 9.47 Å². The van der Waals surface area contributed by atoms with Gasteiger partial charge in [0.1, 0.15) is 12.7 Å². The fraction of sp³-hybridized carbons (Fsp3) is 0.105. The first-order chi connectivity index (χ1) is 13.1. The number of methoxy groups -OCH3 is 2. The van der Waals surface area contributed by atoms with Gasteiger partial charge < -0.3 is 14.8 Å². The van der Waals surface area contributed by atoms with Crippen LogP contribution in [-0.4, -0.2) is 34.9 Å². The summed E-state index contributed by atoms with van der Waals surface area (Å²) in [5.74, 6) is 0.954. The Morgan fingerprint density at radius 2 is 1.96 bits per heavy atom. The van der Waals surface area contributed by atoms with Gasteiger partial charge in [0, 0.05) is 10.5 Å². The predicted octanol–water partition coefficient (Wildman–Crippen LogP) is 3.70. The first-order valence-corrected chi connectivity index (χ1v) is 8.75. The molecule has 27 heavy (non-hydrogen) atoms. The van der Waals surface area contributed by atoms with Crippen molar-refractivity contribution < 1.29 is 14.3 Å². The van der Waals surface area contributed by atoms with E-state index in [-0.39, 0.29) is 5.91 Å². The van der Waals surface area contributed by atoms with Crippen LogP contribution in [0.15, 0.2) is 59.6 Å². The Kier molecular flexibility index (Phi) is 5.87. The lowest BCUT2D eigenvalue weighted by atomic mass is 10.2. The first-order valence-electron chi connectivity index (χ1n) is 7.96. The number of benzene rings is 2. The van der Waals surface area contributed by atoms with E-state index in [1.54, 1.807) is 49.5 Å². The van der Waals surface area contributed by atoms with Crippen molar-refractivity contribution in [2.24, 2.45) is 0 Å². The van der Waals surface area contributed by atoms with E-state index in [1.165, 1.54) is 12.4 Å². The van der Waals surface area contributed by atoms with Gasteiger partial charge in [0.05, 0.1) is 25.6 Å². The zero-order valence-electron chi connectivity index (χ0n) is 14.7. The molecule has 2 aromatic carbocycles. The number of carbonyl (C=O) groups excluding carboxylic acids is 1. The van der Waals surface area contributed by atoms with E-state index < -0.39 is 0 Å². The third kappa shape index (κ3) is 4.53. The van der Waals surface area contributed by atoms with Crippen LogP contribution in [0.3, 0.4) is 0 Å². The highest BCUT2D eigenvalue weighted by molar-refractivity contribution is 9.10. The Morgan fingerprint density at radius 3 is 2.67 bits per heavy atom. The molecular formula is C19H17BrN4O3. The third-order valence-corrected chi connectivity index (χ3v) is 4.21. The number of carbonyl (C=O) groups is 1. The molecule has 0 bridgehead atoms. The Morgan fingerprint density at radius 1 is 1.15 bits per heavy atom. The van der Waals surface area contributed by atoms with Gasteiger partial charge in [-0.25, -0.2) is 9.67 Å². The highest BCUT2D eigenvalue weighted by Gasteiger charge is 2.09. The van der Waals surface area contributed by atoms with Crippen molar-refractivity contribution in [1.82, 2.24) is 14.8 Å². The molecule has 0 aliphatic rings. The molecule has 0 radical (unpaired) electrons. The second kappa shape index (κ2) is 8.50. The largest absolute Gasteiger partial charge is 0.493 e. The predicted molar refractivity (Wildman–Crippen MR) is 106 cm³/mol. The van der Waals surface area contributed by atoms with Gasteiger partial charge in [0.25, 0.3) is 0 Å². The molecule has 1 N–H and O–H groups in total. The molecule has 0 aliphatic carbocycles. The SMILES string of the molecule is COc1ccc(/C=C/C(=O)Nc2cc(Br)ccc2-n2cncn2)cc1OC. The topological polar surface area (TPSA) is 78.3 Å². The van der Waals surface area contributed by atoms with Crippen molar-refractivity contribution in [2.45, 2.75) is 0 Å². The van der Waals surface area contributed by atoms with Crippen molar-refractivity contribution in [3.05, 3.63) is 65.2 Å². The van der Waals surface area contributed by atoms with E-state index in [9.17, 15) is 4.79 Å². The summed E-state index contributed by atoms with van der Waals surface area (Å²) in [5.41, 5.74) is 2.13. The minimum atomic E-state index is -0.274. The van der Waals surface area contributed by atoms with Crippen molar-refractivity contribution in [2.75, 3.05) is 19.5 Å². The van der Waals surface area contributed by atoms with E-state index in [2.05, 4.69) is 31.3 Å². The van der Waals surface area contributed by atoms with Crippen molar-refractivity contribution in [3.8, 4) is 17.2 Å². The molecule has 0 unspecified atom stereocenters. The lowest BCUT2D eigenvalue weighted by Gasteiger charge is -2.10. The Labute approximate surface area is 164 Å². The second-order valence-electron chi connectivity index (χ2n) is 5.44.